The molecule has 0 bridgehead atoms. The summed E-state index contributed by atoms with van der Waals surface area (Å²) in [5.41, 5.74) is 1.97. The maximum atomic E-state index is 9.42. The summed E-state index contributed by atoms with van der Waals surface area (Å²) >= 11 is 0. The first-order valence-corrected chi connectivity index (χ1v) is 5.17. The number of benzene rings is 1. The van der Waals surface area contributed by atoms with E-state index in [-0.39, 0.29) is 11.9 Å². The van der Waals surface area contributed by atoms with Gasteiger partial charge in [0.15, 0.2) is 0 Å². The van der Waals surface area contributed by atoms with Gasteiger partial charge in [-0.15, -0.1) is 0 Å². The van der Waals surface area contributed by atoms with Gasteiger partial charge in [0.25, 0.3) is 0 Å². The van der Waals surface area contributed by atoms with Gasteiger partial charge in [-0.05, 0) is 19.1 Å². The third kappa shape index (κ3) is 2.15. The number of hydrogen-bond donors (Lipinski definition) is 3. The molecule has 1 aliphatic rings. The minimum absolute atomic E-state index is 0.257. The fraction of sp³-hybridized carbons (Fsp3) is 0.455. The molecule has 4 heteroatoms. The van der Waals surface area contributed by atoms with E-state index in [4.69, 9.17) is 0 Å². The Labute approximate surface area is 89.1 Å². The van der Waals surface area contributed by atoms with Crippen molar-refractivity contribution in [3.8, 4) is 5.75 Å². The first-order chi connectivity index (χ1) is 7.16. The molecular formula is C11H16N2O2. The molecule has 0 aliphatic carbocycles. The molecular weight excluding hydrogens is 192 g/mol. The molecule has 1 aliphatic heterocycles. The Balaban J connectivity index is 2.28. The highest BCUT2D eigenvalue weighted by Gasteiger charge is 2.17. The van der Waals surface area contributed by atoms with Crippen molar-refractivity contribution in [3.05, 3.63) is 18.2 Å². The number of β-amino-alcohol motifs (C(OH)–C–C–N with tert-alkyl or cyclic N) is 1. The third-order valence-electron chi connectivity index (χ3n) is 2.50. The lowest BCUT2D eigenvalue weighted by Gasteiger charge is -2.32. The zero-order valence-electron chi connectivity index (χ0n) is 8.77. The minimum atomic E-state index is -0.363. The van der Waals surface area contributed by atoms with E-state index in [0.717, 1.165) is 24.5 Å². The van der Waals surface area contributed by atoms with Crippen LogP contribution in [-0.4, -0.2) is 36.0 Å². The van der Waals surface area contributed by atoms with E-state index in [2.05, 4.69) is 10.2 Å². The normalized spacial score (nSPS) is 16.8. The maximum absolute atomic E-state index is 9.42. The molecule has 0 fully saturated rings. The lowest BCUT2D eigenvalue weighted by Crippen LogP contribution is -2.38. The Kier molecular flexibility index (Phi) is 2.68. The van der Waals surface area contributed by atoms with E-state index in [1.54, 1.807) is 19.1 Å². The van der Waals surface area contributed by atoms with Crippen molar-refractivity contribution in [2.45, 2.75) is 13.0 Å². The van der Waals surface area contributed by atoms with Crippen LogP contribution in [0.1, 0.15) is 6.92 Å². The number of rotatable bonds is 2. The third-order valence-corrected chi connectivity index (χ3v) is 2.50. The number of nitrogens with one attached hydrogen (secondary N) is 1. The van der Waals surface area contributed by atoms with Crippen LogP contribution in [0.5, 0.6) is 5.75 Å². The highest BCUT2D eigenvalue weighted by Crippen LogP contribution is 2.32. The van der Waals surface area contributed by atoms with Gasteiger partial charge in [0.2, 0.25) is 0 Å². The van der Waals surface area contributed by atoms with Crippen LogP contribution in [0.15, 0.2) is 18.2 Å². The van der Waals surface area contributed by atoms with Crippen molar-refractivity contribution in [2.75, 3.05) is 29.9 Å². The van der Waals surface area contributed by atoms with E-state index in [1.807, 2.05) is 6.07 Å². The van der Waals surface area contributed by atoms with E-state index in [1.165, 1.54) is 0 Å². The molecule has 82 valence electrons. The molecule has 0 amide bonds. The van der Waals surface area contributed by atoms with Gasteiger partial charge in [-0.1, -0.05) is 0 Å². The van der Waals surface area contributed by atoms with Crippen molar-refractivity contribution in [1.82, 2.24) is 0 Å². The first-order valence-electron chi connectivity index (χ1n) is 5.17. The zero-order valence-corrected chi connectivity index (χ0v) is 8.77. The van der Waals surface area contributed by atoms with Crippen molar-refractivity contribution >= 4 is 11.4 Å². The summed E-state index contributed by atoms with van der Waals surface area (Å²) < 4.78 is 0. The Bertz CT molecular complexity index is 352. The molecule has 3 N–H and O–H groups in total. The van der Waals surface area contributed by atoms with Crippen LogP contribution < -0.4 is 10.2 Å². The summed E-state index contributed by atoms with van der Waals surface area (Å²) in [4.78, 5) is 2.08. The largest absolute Gasteiger partial charge is 0.508 e. The summed E-state index contributed by atoms with van der Waals surface area (Å²) in [6.07, 6.45) is -0.363. The second-order valence-corrected chi connectivity index (χ2v) is 3.92. The molecule has 1 heterocycles. The monoisotopic (exact) mass is 208 g/mol. The Morgan fingerprint density at radius 3 is 3.07 bits per heavy atom. The number of aliphatic hydroxyl groups excluding tert-OH is 1. The van der Waals surface area contributed by atoms with Crippen LogP contribution in [0.25, 0.3) is 0 Å². The molecule has 0 radical (unpaired) electrons. The van der Waals surface area contributed by atoms with Gasteiger partial charge in [-0.2, -0.15) is 0 Å². The van der Waals surface area contributed by atoms with Gasteiger partial charge in [-0.3, -0.25) is 0 Å². The summed E-state index contributed by atoms with van der Waals surface area (Å²) in [6, 6.07) is 5.25. The summed E-state index contributed by atoms with van der Waals surface area (Å²) in [5.74, 6) is 0.257. The second kappa shape index (κ2) is 3.98. The molecule has 4 nitrogen and oxygen atoms in total. The second-order valence-electron chi connectivity index (χ2n) is 3.92. The quantitative estimate of drug-likeness (QED) is 0.635. The number of aromatic hydroxyl groups is 1. The lowest BCUT2D eigenvalue weighted by atomic mass is 10.1. The van der Waals surface area contributed by atoms with Crippen molar-refractivity contribution < 1.29 is 10.2 Å². The number of anilines is 2. The number of nitrogens with zero attached hydrogens (tertiary/aromatic N) is 1. The molecule has 1 atom stereocenters. The molecule has 0 aromatic heterocycles. The highest BCUT2D eigenvalue weighted by atomic mass is 16.3. The number of hydrogen-bond acceptors (Lipinski definition) is 4. The zero-order chi connectivity index (χ0) is 10.8. The number of aliphatic hydroxyl groups is 1. The fourth-order valence-corrected chi connectivity index (χ4v) is 1.89. The molecule has 1 aromatic carbocycles. The van der Waals surface area contributed by atoms with Crippen LogP contribution in [-0.2, 0) is 0 Å². The summed E-state index contributed by atoms with van der Waals surface area (Å²) in [7, 11) is 0. The van der Waals surface area contributed by atoms with Crippen LogP contribution >= 0.6 is 0 Å². The van der Waals surface area contributed by atoms with Gasteiger partial charge in [0, 0.05) is 25.7 Å². The average molecular weight is 208 g/mol. The Morgan fingerprint density at radius 1 is 1.53 bits per heavy atom. The Morgan fingerprint density at radius 2 is 2.33 bits per heavy atom. The lowest BCUT2D eigenvalue weighted by molar-refractivity contribution is 0.200. The Hall–Kier alpha value is -1.42. The predicted octanol–water partition coefficient (Wildman–Crippen LogP) is 1.00. The SMILES string of the molecule is CC(O)CN1CCNc2ccc(O)cc21. The molecule has 0 spiro atoms. The van der Waals surface area contributed by atoms with E-state index in [9.17, 15) is 10.2 Å². The molecule has 1 unspecified atom stereocenters. The summed E-state index contributed by atoms with van der Waals surface area (Å²) in [5, 5.41) is 22.1. The van der Waals surface area contributed by atoms with Gasteiger partial charge in [0.1, 0.15) is 5.75 Å². The van der Waals surface area contributed by atoms with E-state index < -0.39 is 0 Å². The van der Waals surface area contributed by atoms with Gasteiger partial charge in [-0.25, -0.2) is 0 Å². The predicted molar refractivity (Wildman–Crippen MR) is 60.5 cm³/mol. The molecule has 2 rings (SSSR count). The van der Waals surface area contributed by atoms with Gasteiger partial charge < -0.3 is 20.4 Å². The topological polar surface area (TPSA) is 55.7 Å². The van der Waals surface area contributed by atoms with Crippen molar-refractivity contribution in [1.29, 1.82) is 0 Å². The van der Waals surface area contributed by atoms with Gasteiger partial charge >= 0.3 is 0 Å². The van der Waals surface area contributed by atoms with Crippen molar-refractivity contribution in [2.24, 2.45) is 0 Å². The smallest absolute Gasteiger partial charge is 0.117 e. The van der Waals surface area contributed by atoms with Crippen LogP contribution in [0.3, 0.4) is 0 Å². The summed E-state index contributed by atoms with van der Waals surface area (Å²) in [6.45, 7) is 4.08. The van der Waals surface area contributed by atoms with E-state index in [0.29, 0.717) is 6.54 Å². The standard InChI is InChI=1S/C11H16N2O2/c1-8(14)7-13-5-4-12-10-3-2-9(15)6-11(10)13/h2-3,6,8,12,14-15H,4-5,7H2,1H3. The number of phenolic OH excluding ortho intramolecular Hbond substituents is 1. The maximum Gasteiger partial charge on any atom is 0.117 e. The fourth-order valence-electron chi connectivity index (χ4n) is 1.89. The van der Waals surface area contributed by atoms with Crippen molar-refractivity contribution in [3.63, 3.8) is 0 Å². The van der Waals surface area contributed by atoms with E-state index >= 15 is 0 Å². The first kappa shape index (κ1) is 10.1. The minimum Gasteiger partial charge on any atom is -0.508 e. The molecule has 0 saturated heterocycles. The van der Waals surface area contributed by atoms with Crippen LogP contribution in [0.4, 0.5) is 11.4 Å². The number of phenols is 1. The molecule has 1 aromatic rings. The van der Waals surface area contributed by atoms with Crippen LogP contribution in [0.2, 0.25) is 0 Å². The molecule has 15 heavy (non-hydrogen) atoms. The van der Waals surface area contributed by atoms with Gasteiger partial charge in [0.05, 0.1) is 17.5 Å². The molecule has 0 saturated carbocycles. The van der Waals surface area contributed by atoms with Crippen LogP contribution in [0, 0.1) is 0 Å². The average Bonchev–Trinajstić information content (AvgIpc) is 2.18. The highest BCUT2D eigenvalue weighted by molar-refractivity contribution is 5.73. The number of fused-ring (bicyclic) bond motifs is 1.